The molecule has 2 unspecified atom stereocenters. The predicted octanol–water partition coefficient (Wildman–Crippen LogP) is 9.89. The van der Waals surface area contributed by atoms with Gasteiger partial charge in [-0.05, 0) is 73.6 Å². The topological polar surface area (TPSA) is 60.5 Å². The zero-order chi connectivity index (χ0) is 36.1. The minimum absolute atomic E-state index is 0. The van der Waals surface area contributed by atoms with Gasteiger partial charge in [0.1, 0.15) is 0 Å². The van der Waals surface area contributed by atoms with Gasteiger partial charge in [0.2, 0.25) is 5.91 Å². The second-order valence-electron chi connectivity index (χ2n) is 14.5. The SMILES string of the molecule is C/C=C(\NCCN1CC2=C(CCC=C2)C1)c1cnc(C)c(NC(=O)C(C)C)c1.C=C/C(=C\N(C)C)C1=CC2(CC(=C)C=C1)CC2C.CCC.[HH].[HH]. The maximum atomic E-state index is 12.1. The largest absolute Gasteiger partial charge is 0.383 e. The lowest BCUT2D eigenvalue weighted by atomic mass is 9.93. The Labute approximate surface area is 301 Å². The zero-order valence-corrected chi connectivity index (χ0v) is 32.0. The van der Waals surface area contributed by atoms with Crippen LogP contribution in [-0.2, 0) is 4.79 Å². The van der Waals surface area contributed by atoms with Crippen LogP contribution in [-0.4, -0.2) is 61.0 Å². The zero-order valence-electron chi connectivity index (χ0n) is 32.0. The van der Waals surface area contributed by atoms with Gasteiger partial charge in [-0.2, -0.15) is 0 Å². The summed E-state index contributed by atoms with van der Waals surface area (Å²) in [4.78, 5) is 21.1. The van der Waals surface area contributed by atoms with E-state index in [0.717, 1.165) is 61.2 Å². The van der Waals surface area contributed by atoms with Crippen molar-refractivity contribution in [1.82, 2.24) is 20.1 Å². The number of nitrogens with one attached hydrogen (secondary N) is 2. The lowest BCUT2D eigenvalue weighted by Gasteiger charge is -2.18. The summed E-state index contributed by atoms with van der Waals surface area (Å²) in [5.41, 5.74) is 10.8. The molecule has 3 aliphatic carbocycles. The van der Waals surface area contributed by atoms with Crippen LogP contribution in [0.25, 0.3) is 5.70 Å². The highest BCUT2D eigenvalue weighted by Gasteiger charge is 2.49. The highest BCUT2D eigenvalue weighted by Crippen LogP contribution is 2.59. The van der Waals surface area contributed by atoms with E-state index in [1.54, 1.807) is 5.57 Å². The minimum atomic E-state index is -0.0582. The molecule has 0 aromatic carbocycles. The summed E-state index contributed by atoms with van der Waals surface area (Å²) in [6.45, 7) is 26.4. The highest BCUT2D eigenvalue weighted by molar-refractivity contribution is 5.93. The second-order valence-corrected chi connectivity index (χ2v) is 14.5. The van der Waals surface area contributed by atoms with Crippen molar-refractivity contribution in [2.45, 2.75) is 80.6 Å². The fourth-order valence-electron chi connectivity index (χ4n) is 6.39. The predicted molar refractivity (Wildman–Crippen MR) is 215 cm³/mol. The number of aryl methyl sites for hydroxylation is 1. The highest BCUT2D eigenvalue weighted by atomic mass is 16.1. The fourth-order valence-corrected chi connectivity index (χ4v) is 6.39. The van der Waals surface area contributed by atoms with E-state index in [1.165, 1.54) is 48.0 Å². The average Bonchev–Trinajstić information content (AvgIpc) is 3.54. The Balaban J connectivity index is 0.000000490. The molecule has 2 heterocycles. The molecular weight excluding hydrogens is 603 g/mol. The summed E-state index contributed by atoms with van der Waals surface area (Å²) in [5.74, 6) is 0.725. The van der Waals surface area contributed by atoms with Crippen LogP contribution in [0.1, 0.15) is 87.8 Å². The molecule has 1 amide bonds. The molecule has 2 atom stereocenters. The molecule has 1 aromatic heterocycles. The Kier molecular flexibility index (Phi) is 15.1. The van der Waals surface area contributed by atoms with E-state index in [4.69, 9.17) is 0 Å². The number of nitrogens with zero attached hydrogens (tertiary/aromatic N) is 3. The van der Waals surface area contributed by atoms with Crippen molar-refractivity contribution in [2.75, 3.05) is 45.6 Å². The van der Waals surface area contributed by atoms with Crippen LogP contribution in [0.2, 0.25) is 0 Å². The Bertz CT molecular complexity index is 1530. The normalized spacial score (nSPS) is 21.6. The van der Waals surface area contributed by atoms with Crippen molar-refractivity contribution in [2.24, 2.45) is 17.3 Å². The number of aromatic nitrogens is 1. The van der Waals surface area contributed by atoms with Crippen LogP contribution in [0, 0.1) is 24.2 Å². The number of hydrogen-bond donors (Lipinski definition) is 2. The summed E-state index contributed by atoms with van der Waals surface area (Å²) < 4.78 is 0. The Morgan fingerprint density at radius 2 is 1.94 bits per heavy atom. The van der Waals surface area contributed by atoms with E-state index >= 15 is 0 Å². The maximum Gasteiger partial charge on any atom is 0.226 e. The van der Waals surface area contributed by atoms with Gasteiger partial charge in [-0.3, -0.25) is 14.7 Å². The van der Waals surface area contributed by atoms with Crippen LogP contribution in [0.15, 0.2) is 102 Å². The van der Waals surface area contributed by atoms with Crippen molar-refractivity contribution >= 4 is 17.3 Å². The molecule has 6 nitrogen and oxygen atoms in total. The van der Waals surface area contributed by atoms with Crippen LogP contribution < -0.4 is 10.6 Å². The quantitative estimate of drug-likeness (QED) is 0.243. The van der Waals surface area contributed by atoms with Gasteiger partial charge in [-0.15, -0.1) is 0 Å². The molecule has 1 spiro atoms. The number of anilines is 1. The molecule has 4 aliphatic rings. The molecule has 1 aromatic rings. The van der Waals surface area contributed by atoms with Crippen molar-refractivity contribution < 1.29 is 7.65 Å². The van der Waals surface area contributed by atoms with Gasteiger partial charge in [-0.1, -0.05) is 108 Å². The summed E-state index contributed by atoms with van der Waals surface area (Å²) in [6.07, 6.45) is 25.4. The Morgan fingerprint density at radius 1 is 1.22 bits per heavy atom. The molecule has 270 valence electrons. The number of carbonyl (C=O) groups is 1. The van der Waals surface area contributed by atoms with Gasteiger partial charge in [0, 0.05) is 72.7 Å². The number of allylic oxidation sites excluding steroid dienone is 9. The number of hydrogen-bond acceptors (Lipinski definition) is 5. The fraction of sp³-hybridized carbons (Fsp3) is 0.488. The van der Waals surface area contributed by atoms with E-state index < -0.39 is 0 Å². The van der Waals surface area contributed by atoms with Gasteiger partial charge in [0.15, 0.2) is 0 Å². The van der Waals surface area contributed by atoms with Gasteiger partial charge in [-0.25, -0.2) is 0 Å². The van der Waals surface area contributed by atoms with E-state index in [9.17, 15) is 4.79 Å². The third kappa shape index (κ3) is 11.6. The molecule has 0 radical (unpaired) electrons. The van der Waals surface area contributed by atoms with Crippen molar-refractivity contribution in [3.63, 3.8) is 0 Å². The standard InChI is InChI=1S/C23H32N4O.C17H23N.C3H8.2H2/c1-5-21(20-12-22(17(4)25-13-20)26-23(28)16(2)3)24-10-11-27-14-18-8-6-7-9-19(18)15-27;1-6-15(12-18(4)5)16-8-7-13(2)9-17(11-16)10-14(17)3;1-3-2;;/h5-6,8,12-13,16,24H,7,9-11,14-15H2,1-4H3,(H,26,28);6-8,11-12,14H,1-2,9-10H2,3-5H3;3H2,1-2H3;2*1H/b21-5-;15-12+;;;. The van der Waals surface area contributed by atoms with Crippen molar-refractivity contribution in [3.8, 4) is 0 Å². The number of carbonyl (C=O) groups excluding carboxylic acids is 1. The maximum absolute atomic E-state index is 12.1. The van der Waals surface area contributed by atoms with Crippen LogP contribution in [0.5, 0.6) is 0 Å². The molecular formula is C43H67N5O. The summed E-state index contributed by atoms with van der Waals surface area (Å²) >= 11 is 0. The molecule has 0 saturated heterocycles. The summed E-state index contributed by atoms with van der Waals surface area (Å²) in [6, 6.07) is 2.01. The third-order valence-electron chi connectivity index (χ3n) is 9.36. The molecule has 1 fully saturated rings. The van der Waals surface area contributed by atoms with Gasteiger partial charge in [0.25, 0.3) is 0 Å². The minimum Gasteiger partial charge on any atom is -0.383 e. The molecule has 49 heavy (non-hydrogen) atoms. The molecule has 6 heteroatoms. The summed E-state index contributed by atoms with van der Waals surface area (Å²) in [5, 5.41) is 6.53. The van der Waals surface area contributed by atoms with Crippen LogP contribution >= 0.6 is 0 Å². The second kappa shape index (κ2) is 18.7. The lowest BCUT2D eigenvalue weighted by Crippen LogP contribution is -2.30. The number of rotatable bonds is 10. The van der Waals surface area contributed by atoms with Crippen molar-refractivity contribution in [3.05, 3.63) is 113 Å². The molecule has 1 saturated carbocycles. The first-order valence-electron chi connectivity index (χ1n) is 18.2. The van der Waals surface area contributed by atoms with E-state index in [0.29, 0.717) is 5.41 Å². The smallest absolute Gasteiger partial charge is 0.226 e. The number of pyridine rings is 1. The average molecular weight is 670 g/mol. The Hall–Kier alpha value is -3.90. The first-order valence-corrected chi connectivity index (χ1v) is 18.2. The van der Waals surface area contributed by atoms with Gasteiger partial charge in [0.05, 0.1) is 11.4 Å². The van der Waals surface area contributed by atoms with Crippen LogP contribution in [0.3, 0.4) is 0 Å². The van der Waals surface area contributed by atoms with Crippen molar-refractivity contribution in [1.29, 1.82) is 0 Å². The lowest BCUT2D eigenvalue weighted by molar-refractivity contribution is -0.118. The summed E-state index contributed by atoms with van der Waals surface area (Å²) in [7, 11) is 4.08. The molecule has 1 aliphatic heterocycles. The number of amides is 1. The van der Waals surface area contributed by atoms with E-state index in [1.807, 2.05) is 60.1 Å². The van der Waals surface area contributed by atoms with E-state index in [-0.39, 0.29) is 14.7 Å². The van der Waals surface area contributed by atoms with Gasteiger partial charge >= 0.3 is 0 Å². The first kappa shape index (κ1) is 39.5. The molecule has 5 rings (SSSR count). The Morgan fingerprint density at radius 3 is 2.53 bits per heavy atom. The first-order chi connectivity index (χ1) is 23.4. The molecule has 2 N–H and O–H groups in total. The third-order valence-corrected chi connectivity index (χ3v) is 9.36. The molecule has 0 bridgehead atoms. The van der Waals surface area contributed by atoms with E-state index in [2.05, 4.69) is 102 Å². The van der Waals surface area contributed by atoms with Crippen LogP contribution in [0.4, 0.5) is 5.69 Å². The monoisotopic (exact) mass is 670 g/mol. The van der Waals surface area contributed by atoms with Gasteiger partial charge < -0.3 is 15.5 Å².